The highest BCUT2D eigenvalue weighted by Gasteiger charge is 2.32. The maximum absolute atomic E-state index is 12.8. The van der Waals surface area contributed by atoms with Crippen molar-refractivity contribution in [3.8, 4) is 5.75 Å². The Bertz CT molecular complexity index is 1200. The van der Waals surface area contributed by atoms with Gasteiger partial charge in [-0.2, -0.15) is 0 Å². The molecule has 0 saturated carbocycles. The molecule has 2 atom stereocenters. The number of carbonyl (C=O) groups excluding carboxylic acids is 2. The molecule has 0 aliphatic carbocycles. The summed E-state index contributed by atoms with van der Waals surface area (Å²) in [5, 5.41) is 2.96. The third-order valence-electron chi connectivity index (χ3n) is 6.59. The molecule has 182 valence electrons. The zero-order valence-corrected chi connectivity index (χ0v) is 21.0. The second kappa shape index (κ2) is 10.8. The predicted molar refractivity (Wildman–Crippen MR) is 138 cm³/mol. The van der Waals surface area contributed by atoms with Gasteiger partial charge in [-0.25, -0.2) is 0 Å². The number of hydrogen-bond acceptors (Lipinski definition) is 3. The number of fused-ring (bicyclic) bond motifs is 1. The van der Waals surface area contributed by atoms with Gasteiger partial charge in [0, 0.05) is 19.5 Å². The number of rotatable bonds is 7. The number of nitrogens with one attached hydrogen (secondary N) is 1. The van der Waals surface area contributed by atoms with Gasteiger partial charge in [0.15, 0.2) is 6.10 Å². The Kier molecular flexibility index (Phi) is 7.54. The van der Waals surface area contributed by atoms with E-state index in [1.807, 2.05) is 49.1 Å². The highest BCUT2D eigenvalue weighted by molar-refractivity contribution is 5.80. The van der Waals surface area contributed by atoms with Crippen molar-refractivity contribution in [3.63, 3.8) is 0 Å². The maximum Gasteiger partial charge on any atom is 0.261 e. The number of ether oxygens (including phenoxy) is 1. The lowest BCUT2D eigenvalue weighted by Gasteiger charge is -2.38. The van der Waals surface area contributed by atoms with E-state index in [-0.39, 0.29) is 17.9 Å². The standard InChI is InChI=1S/C30H34N2O3/c1-5-28(33)32-16-15-24-13-14-26(18-27(24)29(32)25-11-9-20(2)10-12-25)35-22(4)30(34)31-19-23-8-6-7-21(3)17-23/h6-14,17-18,22,29H,5,15-16,19H2,1-4H3,(H,31,34). The van der Waals surface area contributed by atoms with E-state index >= 15 is 0 Å². The molecule has 4 rings (SSSR count). The van der Waals surface area contributed by atoms with Gasteiger partial charge in [0.25, 0.3) is 5.91 Å². The molecule has 0 fully saturated rings. The van der Waals surface area contributed by atoms with E-state index in [1.165, 1.54) is 11.1 Å². The summed E-state index contributed by atoms with van der Waals surface area (Å²) in [6, 6.07) is 22.3. The van der Waals surface area contributed by atoms with Gasteiger partial charge < -0.3 is 15.0 Å². The maximum atomic E-state index is 12.8. The van der Waals surface area contributed by atoms with Crippen LogP contribution in [0.4, 0.5) is 0 Å². The summed E-state index contributed by atoms with van der Waals surface area (Å²) in [4.78, 5) is 27.5. The number of carbonyl (C=O) groups is 2. The molecular formula is C30H34N2O3. The van der Waals surface area contributed by atoms with Crippen molar-refractivity contribution in [2.24, 2.45) is 0 Å². The fourth-order valence-electron chi connectivity index (χ4n) is 4.66. The van der Waals surface area contributed by atoms with Gasteiger partial charge >= 0.3 is 0 Å². The fraction of sp³-hybridized carbons (Fsp3) is 0.333. The van der Waals surface area contributed by atoms with Crippen molar-refractivity contribution in [3.05, 3.63) is 100 Å². The molecule has 0 saturated heterocycles. The summed E-state index contributed by atoms with van der Waals surface area (Å²) in [6.07, 6.45) is 0.620. The van der Waals surface area contributed by atoms with Crippen LogP contribution in [-0.2, 0) is 22.6 Å². The van der Waals surface area contributed by atoms with Gasteiger partial charge in [0.1, 0.15) is 5.75 Å². The zero-order valence-electron chi connectivity index (χ0n) is 21.0. The van der Waals surface area contributed by atoms with Gasteiger partial charge in [-0.15, -0.1) is 0 Å². The highest BCUT2D eigenvalue weighted by Crippen LogP contribution is 2.37. The molecule has 0 radical (unpaired) electrons. The van der Waals surface area contributed by atoms with E-state index in [0.717, 1.165) is 28.7 Å². The first kappa shape index (κ1) is 24.5. The lowest BCUT2D eigenvalue weighted by Crippen LogP contribution is -2.40. The molecule has 3 aromatic rings. The molecule has 0 spiro atoms. The van der Waals surface area contributed by atoms with Gasteiger partial charge in [-0.3, -0.25) is 9.59 Å². The van der Waals surface area contributed by atoms with Gasteiger partial charge in [-0.1, -0.05) is 72.6 Å². The van der Waals surface area contributed by atoms with Crippen molar-refractivity contribution in [1.82, 2.24) is 10.2 Å². The molecule has 3 aromatic carbocycles. The SMILES string of the molecule is CCC(=O)N1CCc2ccc(OC(C)C(=O)NCc3cccc(C)c3)cc2C1c1ccc(C)cc1. The Balaban J connectivity index is 1.54. The summed E-state index contributed by atoms with van der Waals surface area (Å²) in [5.74, 6) is 0.600. The van der Waals surface area contributed by atoms with Crippen LogP contribution in [0.5, 0.6) is 5.75 Å². The topological polar surface area (TPSA) is 58.6 Å². The van der Waals surface area contributed by atoms with Crippen LogP contribution >= 0.6 is 0 Å². The minimum absolute atomic E-state index is 0.136. The van der Waals surface area contributed by atoms with Crippen molar-refractivity contribution in [2.45, 2.75) is 59.2 Å². The lowest BCUT2D eigenvalue weighted by molar-refractivity contribution is -0.133. The third kappa shape index (κ3) is 5.73. The van der Waals surface area contributed by atoms with Crippen LogP contribution < -0.4 is 10.1 Å². The van der Waals surface area contributed by atoms with Crippen LogP contribution in [0.1, 0.15) is 59.7 Å². The van der Waals surface area contributed by atoms with Gasteiger partial charge in [0.05, 0.1) is 6.04 Å². The van der Waals surface area contributed by atoms with Crippen LogP contribution in [0, 0.1) is 13.8 Å². The Morgan fingerprint density at radius 3 is 2.51 bits per heavy atom. The average molecular weight is 471 g/mol. The van der Waals surface area contributed by atoms with Crippen LogP contribution in [0.25, 0.3) is 0 Å². The molecule has 5 heteroatoms. The van der Waals surface area contributed by atoms with Crippen LogP contribution in [0.2, 0.25) is 0 Å². The number of amides is 2. The largest absolute Gasteiger partial charge is 0.481 e. The molecule has 2 amide bonds. The Morgan fingerprint density at radius 1 is 1.03 bits per heavy atom. The average Bonchev–Trinajstić information content (AvgIpc) is 2.86. The minimum atomic E-state index is -0.646. The molecule has 0 bridgehead atoms. The van der Waals surface area contributed by atoms with E-state index in [2.05, 4.69) is 48.6 Å². The first-order valence-corrected chi connectivity index (χ1v) is 12.3. The quantitative estimate of drug-likeness (QED) is 0.512. The minimum Gasteiger partial charge on any atom is -0.481 e. The normalized spacial score (nSPS) is 15.8. The smallest absolute Gasteiger partial charge is 0.261 e. The monoisotopic (exact) mass is 470 g/mol. The Labute approximate surface area is 208 Å². The second-order valence-electron chi connectivity index (χ2n) is 9.33. The molecule has 1 aliphatic heterocycles. The summed E-state index contributed by atoms with van der Waals surface area (Å²) in [5.41, 5.74) is 6.75. The van der Waals surface area contributed by atoms with E-state index in [1.54, 1.807) is 6.92 Å². The summed E-state index contributed by atoms with van der Waals surface area (Å²) >= 11 is 0. The van der Waals surface area contributed by atoms with Crippen LogP contribution in [-0.4, -0.2) is 29.4 Å². The first-order valence-electron chi connectivity index (χ1n) is 12.3. The molecule has 2 unspecified atom stereocenters. The zero-order chi connectivity index (χ0) is 24.9. The van der Waals surface area contributed by atoms with Crippen molar-refractivity contribution >= 4 is 11.8 Å². The number of nitrogens with zero attached hydrogens (tertiary/aromatic N) is 1. The van der Waals surface area contributed by atoms with Crippen molar-refractivity contribution in [2.75, 3.05) is 6.54 Å². The summed E-state index contributed by atoms with van der Waals surface area (Å²) in [7, 11) is 0. The van der Waals surface area contributed by atoms with E-state index < -0.39 is 6.10 Å². The molecule has 1 N–H and O–H groups in total. The number of aryl methyl sites for hydroxylation is 2. The molecular weight excluding hydrogens is 436 g/mol. The van der Waals surface area contributed by atoms with E-state index in [0.29, 0.717) is 25.3 Å². The molecule has 5 nitrogen and oxygen atoms in total. The predicted octanol–water partition coefficient (Wildman–Crippen LogP) is 5.27. The van der Waals surface area contributed by atoms with Gasteiger partial charge in [0.2, 0.25) is 5.91 Å². The second-order valence-corrected chi connectivity index (χ2v) is 9.33. The van der Waals surface area contributed by atoms with E-state index in [9.17, 15) is 9.59 Å². The number of hydrogen-bond donors (Lipinski definition) is 1. The van der Waals surface area contributed by atoms with Crippen molar-refractivity contribution < 1.29 is 14.3 Å². The third-order valence-corrected chi connectivity index (χ3v) is 6.59. The molecule has 0 aromatic heterocycles. The first-order chi connectivity index (χ1) is 16.9. The van der Waals surface area contributed by atoms with Crippen LogP contribution in [0.15, 0.2) is 66.7 Å². The fourth-order valence-corrected chi connectivity index (χ4v) is 4.66. The molecule has 35 heavy (non-hydrogen) atoms. The molecule has 1 aliphatic rings. The van der Waals surface area contributed by atoms with E-state index in [4.69, 9.17) is 4.74 Å². The van der Waals surface area contributed by atoms with Gasteiger partial charge in [-0.05, 0) is 61.6 Å². The molecule has 1 heterocycles. The Hall–Kier alpha value is -3.60. The Morgan fingerprint density at radius 2 is 1.80 bits per heavy atom. The van der Waals surface area contributed by atoms with Crippen molar-refractivity contribution in [1.29, 1.82) is 0 Å². The highest BCUT2D eigenvalue weighted by atomic mass is 16.5. The lowest BCUT2D eigenvalue weighted by atomic mass is 9.87. The van der Waals surface area contributed by atoms with Crippen LogP contribution in [0.3, 0.4) is 0 Å². The summed E-state index contributed by atoms with van der Waals surface area (Å²) in [6.45, 7) is 8.91. The number of benzene rings is 3. The summed E-state index contributed by atoms with van der Waals surface area (Å²) < 4.78 is 6.06.